The van der Waals surface area contributed by atoms with Crippen LogP contribution in [0.25, 0.3) is 0 Å². The van der Waals surface area contributed by atoms with Crippen LogP contribution in [0.3, 0.4) is 0 Å². The van der Waals surface area contributed by atoms with Gasteiger partial charge in [-0.3, -0.25) is 9.59 Å². The highest BCUT2D eigenvalue weighted by atomic mass is 16.7. The molecule has 0 aliphatic carbocycles. The minimum absolute atomic E-state index is 0.270. The van der Waals surface area contributed by atoms with E-state index in [1.54, 1.807) is 0 Å². The maximum atomic E-state index is 11.8. The fourth-order valence-electron chi connectivity index (χ4n) is 2.87. The van der Waals surface area contributed by atoms with Crippen molar-refractivity contribution in [2.45, 2.75) is 116 Å². The van der Waals surface area contributed by atoms with Gasteiger partial charge in [-0.2, -0.15) is 0 Å². The maximum absolute atomic E-state index is 11.8. The van der Waals surface area contributed by atoms with Crippen LogP contribution in [-0.2, 0) is 19.1 Å². The fourth-order valence-corrected chi connectivity index (χ4v) is 2.87. The monoisotopic (exact) mass is 394 g/mol. The second-order valence-electron chi connectivity index (χ2n) is 7.27. The topological polar surface area (TPSA) is 52.6 Å². The van der Waals surface area contributed by atoms with Gasteiger partial charge < -0.3 is 9.47 Å². The normalized spacial score (nSPS) is 12.5. The lowest BCUT2D eigenvalue weighted by atomic mass is 10.1. The molecule has 0 aliphatic heterocycles. The van der Waals surface area contributed by atoms with E-state index in [0.29, 0.717) is 19.3 Å². The Morgan fingerprint density at radius 3 is 2.04 bits per heavy atom. The van der Waals surface area contributed by atoms with Gasteiger partial charge in [-0.1, -0.05) is 76.7 Å². The van der Waals surface area contributed by atoms with E-state index in [1.165, 1.54) is 38.5 Å². The lowest BCUT2D eigenvalue weighted by Gasteiger charge is -2.15. The van der Waals surface area contributed by atoms with Crippen molar-refractivity contribution >= 4 is 12.4 Å². The van der Waals surface area contributed by atoms with Crippen molar-refractivity contribution in [1.82, 2.24) is 0 Å². The fraction of sp³-hybridized carbons (Fsp3) is 0.750. The first-order valence-corrected chi connectivity index (χ1v) is 11.3. The van der Waals surface area contributed by atoms with Crippen molar-refractivity contribution in [3.05, 3.63) is 24.3 Å². The summed E-state index contributed by atoms with van der Waals surface area (Å²) < 4.78 is 10.0. The number of unbranched alkanes of at least 4 members (excludes halogenated alkanes) is 9. The molecule has 0 radical (unpaired) electrons. The van der Waals surface area contributed by atoms with Gasteiger partial charge in [-0.25, -0.2) is 0 Å². The molecule has 28 heavy (non-hydrogen) atoms. The summed E-state index contributed by atoms with van der Waals surface area (Å²) in [5, 5.41) is 0. The number of rotatable bonds is 20. The molecule has 0 saturated heterocycles. The van der Waals surface area contributed by atoms with Crippen LogP contribution < -0.4 is 0 Å². The zero-order valence-corrected chi connectivity index (χ0v) is 18.2. The van der Waals surface area contributed by atoms with E-state index >= 15 is 0 Å². The lowest BCUT2D eigenvalue weighted by Crippen LogP contribution is -2.21. The van der Waals surface area contributed by atoms with E-state index in [9.17, 15) is 9.59 Å². The molecule has 0 saturated carbocycles. The highest BCUT2D eigenvalue weighted by molar-refractivity contribution is 5.69. The van der Waals surface area contributed by atoms with Crippen molar-refractivity contribution in [3.63, 3.8) is 0 Å². The van der Waals surface area contributed by atoms with Crippen LogP contribution in [0.5, 0.6) is 0 Å². The number of allylic oxidation sites excluding steroid dienone is 4. The lowest BCUT2D eigenvalue weighted by molar-refractivity contribution is -0.181. The first kappa shape index (κ1) is 26.4. The van der Waals surface area contributed by atoms with Gasteiger partial charge in [-0.15, -0.1) is 0 Å². The van der Waals surface area contributed by atoms with Gasteiger partial charge in [-0.05, 0) is 44.9 Å². The Morgan fingerprint density at radius 2 is 1.39 bits per heavy atom. The summed E-state index contributed by atoms with van der Waals surface area (Å²) in [5.74, 6) is -0.270. The zero-order valence-electron chi connectivity index (χ0n) is 18.2. The Morgan fingerprint density at radius 1 is 0.786 bits per heavy atom. The zero-order chi connectivity index (χ0) is 20.7. The van der Waals surface area contributed by atoms with Gasteiger partial charge in [0.1, 0.15) is 0 Å². The number of esters is 1. The molecule has 4 heteroatoms. The Hall–Kier alpha value is -1.58. The van der Waals surface area contributed by atoms with Crippen LogP contribution >= 0.6 is 0 Å². The number of carbonyl (C=O) groups is 2. The molecule has 0 bridgehead atoms. The highest BCUT2D eigenvalue weighted by Crippen LogP contribution is 2.11. The van der Waals surface area contributed by atoms with E-state index in [2.05, 4.69) is 31.2 Å². The molecule has 0 heterocycles. The first-order valence-electron chi connectivity index (χ1n) is 11.3. The molecule has 0 fully saturated rings. The first-order chi connectivity index (χ1) is 13.7. The highest BCUT2D eigenvalue weighted by Gasteiger charge is 2.14. The molecule has 0 N–H and O–H groups in total. The molecule has 162 valence electrons. The molecule has 0 aromatic rings. The second kappa shape index (κ2) is 21.7. The number of hydrogen-bond donors (Lipinski definition) is 0. The van der Waals surface area contributed by atoms with Crippen LogP contribution in [0, 0.1) is 0 Å². The van der Waals surface area contributed by atoms with Gasteiger partial charge in [0.05, 0.1) is 0 Å². The molecule has 1 atom stereocenters. The predicted octanol–water partition coefficient (Wildman–Crippen LogP) is 7.03. The SMILES string of the molecule is CCCCC/C=C\C/C=C\CCCCCCCC(=O)OC(CCCC)OC=O. The van der Waals surface area contributed by atoms with E-state index in [-0.39, 0.29) is 5.97 Å². The van der Waals surface area contributed by atoms with Crippen molar-refractivity contribution < 1.29 is 19.1 Å². The van der Waals surface area contributed by atoms with Gasteiger partial charge in [0.15, 0.2) is 0 Å². The second-order valence-corrected chi connectivity index (χ2v) is 7.27. The summed E-state index contributed by atoms with van der Waals surface area (Å²) in [4.78, 5) is 22.2. The molecule has 0 aliphatic rings. The Labute approximate surface area is 172 Å². The third-order valence-electron chi connectivity index (χ3n) is 4.60. The molecular weight excluding hydrogens is 352 g/mol. The summed E-state index contributed by atoms with van der Waals surface area (Å²) in [6.07, 6.45) is 23.9. The predicted molar refractivity (Wildman–Crippen MR) is 116 cm³/mol. The summed E-state index contributed by atoms with van der Waals surface area (Å²) in [6, 6.07) is 0. The van der Waals surface area contributed by atoms with Gasteiger partial charge in [0, 0.05) is 12.8 Å². The van der Waals surface area contributed by atoms with Crippen LogP contribution in [0.1, 0.15) is 110 Å². The van der Waals surface area contributed by atoms with E-state index in [0.717, 1.165) is 44.9 Å². The van der Waals surface area contributed by atoms with Crippen LogP contribution in [0.4, 0.5) is 0 Å². The average Bonchev–Trinajstić information content (AvgIpc) is 2.69. The molecule has 0 aromatic heterocycles. The van der Waals surface area contributed by atoms with Crippen molar-refractivity contribution in [1.29, 1.82) is 0 Å². The number of hydrogen-bond acceptors (Lipinski definition) is 4. The number of carbonyl (C=O) groups excluding carboxylic acids is 2. The summed E-state index contributed by atoms with van der Waals surface area (Å²) in [5.41, 5.74) is 0. The molecular formula is C24H42O4. The molecule has 0 rings (SSSR count). The van der Waals surface area contributed by atoms with Crippen molar-refractivity contribution in [3.8, 4) is 0 Å². The standard InChI is InChI=1S/C24H42O4/c1-3-5-7-8-9-10-11-12-13-14-15-16-17-18-19-20-23(26)28-24(27-22-25)21-6-4-2/h9-10,12-13,22,24H,3-8,11,14-21H2,1-2H3/b10-9-,13-12-. The van der Waals surface area contributed by atoms with Gasteiger partial charge in [0.2, 0.25) is 6.29 Å². The van der Waals surface area contributed by atoms with Gasteiger partial charge in [0.25, 0.3) is 6.47 Å². The molecule has 0 aromatic carbocycles. The van der Waals surface area contributed by atoms with Crippen LogP contribution in [0.15, 0.2) is 24.3 Å². The Balaban J connectivity index is 3.51. The maximum Gasteiger partial charge on any atom is 0.308 e. The van der Waals surface area contributed by atoms with Gasteiger partial charge >= 0.3 is 5.97 Å². The van der Waals surface area contributed by atoms with E-state index in [1.807, 2.05) is 6.92 Å². The quantitative estimate of drug-likeness (QED) is 0.0731. The third-order valence-corrected chi connectivity index (χ3v) is 4.60. The van der Waals surface area contributed by atoms with Crippen LogP contribution in [0.2, 0.25) is 0 Å². The largest absolute Gasteiger partial charge is 0.427 e. The minimum atomic E-state index is -0.720. The number of ether oxygens (including phenoxy) is 2. The average molecular weight is 395 g/mol. The Kier molecular flexibility index (Phi) is 20.5. The smallest absolute Gasteiger partial charge is 0.308 e. The van der Waals surface area contributed by atoms with E-state index in [4.69, 9.17) is 9.47 Å². The third kappa shape index (κ3) is 19.2. The summed E-state index contributed by atoms with van der Waals surface area (Å²) in [6.45, 7) is 4.63. The molecule has 4 nitrogen and oxygen atoms in total. The minimum Gasteiger partial charge on any atom is -0.427 e. The summed E-state index contributed by atoms with van der Waals surface area (Å²) >= 11 is 0. The van der Waals surface area contributed by atoms with Crippen molar-refractivity contribution in [2.75, 3.05) is 0 Å². The molecule has 0 spiro atoms. The molecule has 1 unspecified atom stereocenters. The summed E-state index contributed by atoms with van der Waals surface area (Å²) in [7, 11) is 0. The van der Waals surface area contributed by atoms with Crippen LogP contribution in [-0.4, -0.2) is 18.7 Å². The van der Waals surface area contributed by atoms with Crippen molar-refractivity contribution in [2.24, 2.45) is 0 Å². The van der Waals surface area contributed by atoms with E-state index < -0.39 is 6.29 Å². The Bertz CT molecular complexity index is 415. The molecule has 0 amide bonds.